The van der Waals surface area contributed by atoms with Crippen LogP contribution in [0.15, 0.2) is 67.0 Å². The van der Waals surface area contributed by atoms with Gasteiger partial charge in [0.05, 0.1) is 18.2 Å². The molecule has 41 heavy (non-hydrogen) atoms. The summed E-state index contributed by atoms with van der Waals surface area (Å²) in [7, 11) is 1.85. The second-order valence-electron chi connectivity index (χ2n) is 10.8. The van der Waals surface area contributed by atoms with Crippen LogP contribution in [0.4, 0.5) is 18.9 Å². The predicted octanol–water partition coefficient (Wildman–Crippen LogP) is 5.89. The van der Waals surface area contributed by atoms with E-state index < -0.39 is 23.1 Å². The number of nitrogens with zero attached hydrogens (tertiary/aromatic N) is 5. The van der Waals surface area contributed by atoms with Gasteiger partial charge in [-0.25, -0.2) is 0 Å². The molecule has 1 amide bonds. The number of fused-ring (bicyclic) bond motifs is 1. The molecule has 7 nitrogen and oxygen atoms in total. The summed E-state index contributed by atoms with van der Waals surface area (Å²) in [5.74, 6) is 0.137. The van der Waals surface area contributed by atoms with Gasteiger partial charge in [0.25, 0.3) is 5.91 Å². The van der Waals surface area contributed by atoms with Gasteiger partial charge in [-0.2, -0.15) is 18.4 Å². The van der Waals surface area contributed by atoms with Gasteiger partial charge in [0.1, 0.15) is 18.4 Å². The van der Waals surface area contributed by atoms with Crippen LogP contribution in [-0.4, -0.2) is 27.0 Å². The summed E-state index contributed by atoms with van der Waals surface area (Å²) in [6, 6.07) is 18.4. The molecule has 0 atom stereocenters. The van der Waals surface area contributed by atoms with Gasteiger partial charge < -0.3 is 9.47 Å². The quantitative estimate of drug-likeness (QED) is 0.277. The summed E-state index contributed by atoms with van der Waals surface area (Å²) in [5.41, 5.74) is 1.20. The van der Waals surface area contributed by atoms with Gasteiger partial charge in [0, 0.05) is 41.6 Å². The smallest absolute Gasteiger partial charge is 0.321 e. The number of benzene rings is 3. The van der Waals surface area contributed by atoms with E-state index in [1.54, 1.807) is 30.6 Å². The van der Waals surface area contributed by atoms with Crippen molar-refractivity contribution in [2.24, 2.45) is 13.0 Å². The van der Waals surface area contributed by atoms with E-state index in [1.165, 1.54) is 23.1 Å². The number of carbonyl (C=O) groups excluding carboxylic acids is 2. The number of aryl methyl sites for hydroxylation is 1. The van der Waals surface area contributed by atoms with Crippen molar-refractivity contribution in [3.05, 3.63) is 101 Å². The Balaban J connectivity index is 1.38. The van der Waals surface area contributed by atoms with Crippen LogP contribution in [-0.2, 0) is 31.6 Å². The third-order valence-electron chi connectivity index (χ3n) is 8.26. The lowest BCUT2D eigenvalue weighted by molar-refractivity contribution is -0.138. The Morgan fingerprint density at radius 1 is 1.10 bits per heavy atom. The van der Waals surface area contributed by atoms with Crippen molar-refractivity contribution in [3.8, 4) is 17.2 Å². The third kappa shape index (κ3) is 4.57. The van der Waals surface area contributed by atoms with Gasteiger partial charge in [-0.3, -0.25) is 9.59 Å². The van der Waals surface area contributed by atoms with E-state index in [1.807, 2.05) is 23.7 Å². The largest absolute Gasteiger partial charge is 0.416 e. The van der Waals surface area contributed by atoms with Crippen LogP contribution in [0, 0.1) is 17.2 Å². The molecule has 2 heterocycles. The number of amides is 1. The first-order valence-corrected chi connectivity index (χ1v) is 13.1. The van der Waals surface area contributed by atoms with Gasteiger partial charge in [-0.05, 0) is 59.4 Å². The lowest BCUT2D eigenvalue weighted by Gasteiger charge is -2.45. The number of aromatic nitrogens is 3. The maximum absolute atomic E-state index is 14.3. The van der Waals surface area contributed by atoms with Crippen molar-refractivity contribution < 1.29 is 22.8 Å². The Kier molecular flexibility index (Phi) is 6.25. The highest BCUT2D eigenvalue weighted by Crippen LogP contribution is 2.50. The summed E-state index contributed by atoms with van der Waals surface area (Å²) >= 11 is 0. The van der Waals surface area contributed by atoms with Gasteiger partial charge >= 0.3 is 6.18 Å². The zero-order chi connectivity index (χ0) is 28.9. The molecule has 3 aromatic carbocycles. The van der Waals surface area contributed by atoms with Crippen molar-refractivity contribution in [2.75, 3.05) is 4.90 Å². The van der Waals surface area contributed by atoms with Crippen LogP contribution in [0.1, 0.15) is 56.1 Å². The van der Waals surface area contributed by atoms with Crippen molar-refractivity contribution >= 4 is 17.9 Å². The molecule has 10 heteroatoms. The first kappa shape index (κ1) is 26.4. The number of nitriles is 1. The van der Waals surface area contributed by atoms with E-state index >= 15 is 0 Å². The van der Waals surface area contributed by atoms with Crippen LogP contribution < -0.4 is 4.90 Å². The van der Waals surface area contributed by atoms with Crippen molar-refractivity contribution in [1.82, 2.24) is 14.8 Å². The number of rotatable bonds is 6. The van der Waals surface area contributed by atoms with Crippen molar-refractivity contribution in [1.29, 1.82) is 5.26 Å². The summed E-state index contributed by atoms with van der Waals surface area (Å²) in [6.45, 7) is -0.214. The SMILES string of the molecule is Cn1cnnc1CC1(c2cccc(N3Cc4c(cc(-c5ccc(C=O)cc5)cc4C(F)(F)F)C3=O)c2)CC(C#N)C1. The van der Waals surface area contributed by atoms with Gasteiger partial charge in [0.15, 0.2) is 0 Å². The number of hydrogen-bond donors (Lipinski definition) is 0. The Labute approximate surface area is 233 Å². The molecule has 1 fully saturated rings. The van der Waals surface area contributed by atoms with E-state index in [0.29, 0.717) is 42.4 Å². The summed E-state index contributed by atoms with van der Waals surface area (Å²) in [4.78, 5) is 26.0. The molecular formula is C31H24F3N5O2. The number of aldehydes is 1. The van der Waals surface area contributed by atoms with E-state index in [-0.39, 0.29) is 29.2 Å². The molecule has 1 aliphatic carbocycles. The first-order chi connectivity index (χ1) is 19.6. The molecule has 0 spiro atoms. The highest BCUT2D eigenvalue weighted by molar-refractivity contribution is 6.11. The Morgan fingerprint density at radius 2 is 1.85 bits per heavy atom. The van der Waals surface area contributed by atoms with Gasteiger partial charge in [0.2, 0.25) is 0 Å². The highest BCUT2D eigenvalue weighted by Gasteiger charge is 2.47. The summed E-state index contributed by atoms with van der Waals surface area (Å²) in [6.07, 6.45) is -0.631. The Morgan fingerprint density at radius 3 is 2.49 bits per heavy atom. The Bertz CT molecular complexity index is 1710. The molecule has 0 bridgehead atoms. The molecule has 206 valence electrons. The fourth-order valence-electron chi connectivity index (χ4n) is 6.02. The minimum Gasteiger partial charge on any atom is -0.321 e. The monoisotopic (exact) mass is 555 g/mol. The molecule has 0 unspecified atom stereocenters. The topological polar surface area (TPSA) is 91.9 Å². The third-order valence-corrected chi connectivity index (χ3v) is 8.26. The van der Waals surface area contributed by atoms with Crippen LogP contribution in [0.5, 0.6) is 0 Å². The van der Waals surface area contributed by atoms with E-state index in [0.717, 1.165) is 17.5 Å². The molecule has 2 aliphatic rings. The van der Waals surface area contributed by atoms with Crippen LogP contribution >= 0.6 is 0 Å². The van der Waals surface area contributed by atoms with E-state index in [9.17, 15) is 28.0 Å². The first-order valence-electron chi connectivity index (χ1n) is 13.1. The fourth-order valence-corrected chi connectivity index (χ4v) is 6.02. The average molecular weight is 556 g/mol. The molecule has 1 aromatic heterocycles. The highest BCUT2D eigenvalue weighted by atomic mass is 19.4. The molecule has 0 N–H and O–H groups in total. The van der Waals surface area contributed by atoms with Crippen LogP contribution in [0.25, 0.3) is 11.1 Å². The minimum absolute atomic E-state index is 0.00155. The lowest BCUT2D eigenvalue weighted by Crippen LogP contribution is -2.43. The number of carbonyl (C=O) groups is 2. The van der Waals surface area contributed by atoms with Crippen molar-refractivity contribution in [3.63, 3.8) is 0 Å². The number of hydrogen-bond acceptors (Lipinski definition) is 5. The molecule has 6 rings (SSSR count). The van der Waals surface area contributed by atoms with E-state index in [2.05, 4.69) is 16.3 Å². The van der Waals surface area contributed by atoms with Gasteiger partial charge in [-0.1, -0.05) is 36.4 Å². The second kappa shape index (κ2) is 9.70. The molecule has 1 saturated carbocycles. The number of halogens is 3. The lowest BCUT2D eigenvalue weighted by atomic mass is 9.57. The zero-order valence-electron chi connectivity index (χ0n) is 22.0. The van der Waals surface area contributed by atoms with Crippen molar-refractivity contribution in [2.45, 2.75) is 37.4 Å². The average Bonchev–Trinajstić information content (AvgIpc) is 3.51. The van der Waals surface area contributed by atoms with Gasteiger partial charge in [-0.15, -0.1) is 10.2 Å². The maximum atomic E-state index is 14.3. The molecule has 1 aliphatic heterocycles. The Hall–Kier alpha value is -4.78. The minimum atomic E-state index is -4.67. The number of alkyl halides is 3. The summed E-state index contributed by atoms with van der Waals surface area (Å²) < 4.78 is 44.6. The molecular weight excluding hydrogens is 531 g/mol. The van der Waals surface area contributed by atoms with Crippen LogP contribution in [0.2, 0.25) is 0 Å². The fraction of sp³-hybridized carbons (Fsp3) is 0.258. The number of anilines is 1. The molecule has 4 aromatic rings. The normalized spacial score (nSPS) is 19.9. The summed E-state index contributed by atoms with van der Waals surface area (Å²) in [5, 5.41) is 17.7. The maximum Gasteiger partial charge on any atom is 0.416 e. The molecule has 0 radical (unpaired) electrons. The zero-order valence-corrected chi connectivity index (χ0v) is 22.0. The second-order valence-corrected chi connectivity index (χ2v) is 10.8. The standard InChI is InChI=1S/C31H24F3N5O2/c1-38-18-36-37-28(38)14-30(12-20(13-30)15-35)23-3-2-4-24(11-23)39-16-26-25(29(39)41)9-22(10-27(26)31(32,33)34)21-7-5-19(17-40)6-8-21/h2-11,17-18,20H,12-14,16H2,1H3. The van der Waals surface area contributed by atoms with Crippen LogP contribution in [0.3, 0.4) is 0 Å². The molecule has 0 saturated heterocycles. The predicted molar refractivity (Wildman–Crippen MR) is 144 cm³/mol. The van der Waals surface area contributed by atoms with E-state index in [4.69, 9.17) is 0 Å².